The molecular formula is C25H32F2N2O3. The lowest BCUT2D eigenvalue weighted by Crippen LogP contribution is -2.47. The summed E-state index contributed by atoms with van der Waals surface area (Å²) in [7, 11) is 0. The molecule has 174 valence electrons. The van der Waals surface area contributed by atoms with Crippen molar-refractivity contribution in [2.75, 3.05) is 13.2 Å². The van der Waals surface area contributed by atoms with E-state index in [9.17, 15) is 18.7 Å². The van der Waals surface area contributed by atoms with Crippen molar-refractivity contribution in [2.24, 2.45) is 5.41 Å². The second kappa shape index (κ2) is 10.4. The highest BCUT2D eigenvalue weighted by Crippen LogP contribution is 2.34. The summed E-state index contributed by atoms with van der Waals surface area (Å²) in [6, 6.07) is 8.74. The first-order valence-electron chi connectivity index (χ1n) is 11.0. The van der Waals surface area contributed by atoms with Gasteiger partial charge in [0.2, 0.25) is 6.41 Å². The second-order valence-corrected chi connectivity index (χ2v) is 9.65. The Morgan fingerprint density at radius 2 is 1.88 bits per heavy atom. The molecule has 1 amide bonds. The highest BCUT2D eigenvalue weighted by molar-refractivity contribution is 5.47. The number of benzene rings is 2. The van der Waals surface area contributed by atoms with E-state index in [2.05, 4.69) is 43.5 Å². The minimum absolute atomic E-state index is 0.00295. The number of hydrogen-bond acceptors (Lipinski definition) is 4. The van der Waals surface area contributed by atoms with Crippen molar-refractivity contribution >= 4 is 6.41 Å². The van der Waals surface area contributed by atoms with Gasteiger partial charge in [0.1, 0.15) is 17.4 Å². The summed E-state index contributed by atoms with van der Waals surface area (Å²) in [5.74, 6) is -0.552. The van der Waals surface area contributed by atoms with Crippen molar-refractivity contribution in [1.29, 1.82) is 0 Å². The van der Waals surface area contributed by atoms with Gasteiger partial charge in [-0.3, -0.25) is 4.79 Å². The highest BCUT2D eigenvalue weighted by Gasteiger charge is 2.25. The van der Waals surface area contributed by atoms with Gasteiger partial charge in [-0.2, -0.15) is 0 Å². The number of hydrogen-bond donors (Lipinski definition) is 3. The van der Waals surface area contributed by atoms with E-state index in [-0.39, 0.29) is 24.4 Å². The maximum Gasteiger partial charge on any atom is 0.207 e. The van der Waals surface area contributed by atoms with Crippen molar-refractivity contribution in [1.82, 2.24) is 10.6 Å². The van der Waals surface area contributed by atoms with Gasteiger partial charge in [-0.05, 0) is 47.6 Å². The molecule has 0 aromatic heterocycles. The van der Waals surface area contributed by atoms with Crippen molar-refractivity contribution in [3.63, 3.8) is 0 Å². The normalized spacial score (nSPS) is 17.8. The number of ether oxygens (including phenoxy) is 1. The minimum atomic E-state index is -0.949. The van der Waals surface area contributed by atoms with Gasteiger partial charge >= 0.3 is 0 Å². The standard InChI is InChI=1S/C25H32F2N2O3/c1-25(2,3)13-16-4-5-24-20(10-16)21(6-7-32-24)28-14-23(31)22(29-15-30)11-17-8-18(26)12-19(27)9-17/h4-5,8-10,12,15,21-23,28,31H,6-7,11,13-14H2,1-3H3,(H,29,30)/t21?,22?,23-/m1/s1. The monoisotopic (exact) mass is 446 g/mol. The number of halogens is 2. The van der Waals surface area contributed by atoms with Crippen LogP contribution in [0.4, 0.5) is 8.78 Å². The molecular weight excluding hydrogens is 414 g/mol. The molecule has 1 aliphatic rings. The zero-order chi connectivity index (χ0) is 23.3. The Hall–Kier alpha value is -2.51. The highest BCUT2D eigenvalue weighted by atomic mass is 19.1. The van der Waals surface area contributed by atoms with Gasteiger partial charge in [-0.1, -0.05) is 32.9 Å². The van der Waals surface area contributed by atoms with Crippen LogP contribution in [-0.2, 0) is 17.6 Å². The summed E-state index contributed by atoms with van der Waals surface area (Å²) in [4.78, 5) is 11.1. The van der Waals surface area contributed by atoms with Crippen LogP contribution in [0.25, 0.3) is 0 Å². The van der Waals surface area contributed by atoms with Gasteiger partial charge in [-0.25, -0.2) is 8.78 Å². The van der Waals surface area contributed by atoms with E-state index in [1.54, 1.807) is 0 Å². The summed E-state index contributed by atoms with van der Waals surface area (Å²) in [6.07, 6.45) is 1.34. The van der Waals surface area contributed by atoms with Crippen molar-refractivity contribution in [2.45, 2.75) is 58.2 Å². The number of rotatable bonds is 9. The number of fused-ring (bicyclic) bond motifs is 1. The number of amides is 1. The molecule has 2 aromatic carbocycles. The molecule has 1 aliphatic heterocycles. The SMILES string of the molecule is CC(C)(C)Cc1ccc2c(c1)C(NC[C@@H](O)C(Cc1cc(F)cc(F)c1)NC=O)CCO2. The zero-order valence-electron chi connectivity index (χ0n) is 18.8. The van der Waals surface area contributed by atoms with Gasteiger partial charge in [0.15, 0.2) is 0 Å². The predicted molar refractivity (Wildman–Crippen MR) is 120 cm³/mol. The van der Waals surface area contributed by atoms with E-state index in [1.807, 2.05) is 6.07 Å². The fraction of sp³-hybridized carbons (Fsp3) is 0.480. The summed E-state index contributed by atoms with van der Waals surface area (Å²) in [5.41, 5.74) is 2.80. The molecule has 0 saturated heterocycles. The van der Waals surface area contributed by atoms with Crippen molar-refractivity contribution < 1.29 is 23.4 Å². The molecule has 2 unspecified atom stereocenters. The fourth-order valence-corrected chi connectivity index (χ4v) is 4.16. The Kier molecular flexibility index (Phi) is 7.85. The second-order valence-electron chi connectivity index (χ2n) is 9.65. The Bertz CT molecular complexity index is 910. The predicted octanol–water partition coefficient (Wildman–Crippen LogP) is 3.68. The third-order valence-corrected chi connectivity index (χ3v) is 5.55. The summed E-state index contributed by atoms with van der Waals surface area (Å²) < 4.78 is 32.8. The molecule has 7 heteroatoms. The van der Waals surface area contributed by atoms with Crippen LogP contribution >= 0.6 is 0 Å². The Balaban J connectivity index is 1.68. The molecule has 1 heterocycles. The maximum absolute atomic E-state index is 13.5. The first kappa shape index (κ1) is 24.1. The summed E-state index contributed by atoms with van der Waals surface area (Å²) >= 11 is 0. The van der Waals surface area contributed by atoms with E-state index in [1.165, 1.54) is 17.7 Å². The molecule has 32 heavy (non-hydrogen) atoms. The number of carbonyl (C=O) groups excluding carboxylic acids is 1. The third kappa shape index (κ3) is 6.74. The average Bonchev–Trinajstić information content (AvgIpc) is 2.69. The van der Waals surface area contributed by atoms with Crippen LogP contribution in [0.2, 0.25) is 0 Å². The number of aliphatic hydroxyl groups is 1. The van der Waals surface area contributed by atoms with Crippen LogP contribution < -0.4 is 15.4 Å². The van der Waals surface area contributed by atoms with Crippen LogP contribution in [0.1, 0.15) is 49.9 Å². The molecule has 3 N–H and O–H groups in total. The molecule has 2 aromatic rings. The van der Waals surface area contributed by atoms with Gasteiger partial charge in [-0.15, -0.1) is 0 Å². The number of aliphatic hydroxyl groups excluding tert-OH is 1. The molecule has 5 nitrogen and oxygen atoms in total. The van der Waals surface area contributed by atoms with Crippen LogP contribution in [-0.4, -0.2) is 36.8 Å². The summed E-state index contributed by atoms with van der Waals surface area (Å²) in [5, 5.41) is 16.7. The van der Waals surface area contributed by atoms with Gasteiger partial charge in [0, 0.05) is 30.6 Å². The average molecular weight is 447 g/mol. The van der Waals surface area contributed by atoms with Gasteiger partial charge in [0.05, 0.1) is 18.8 Å². The lowest BCUT2D eigenvalue weighted by atomic mass is 9.86. The van der Waals surface area contributed by atoms with E-state index < -0.39 is 23.8 Å². The Morgan fingerprint density at radius 3 is 2.53 bits per heavy atom. The third-order valence-electron chi connectivity index (χ3n) is 5.55. The quantitative estimate of drug-likeness (QED) is 0.514. The van der Waals surface area contributed by atoms with Crippen LogP contribution in [0.15, 0.2) is 36.4 Å². The van der Waals surface area contributed by atoms with Crippen LogP contribution in [0.3, 0.4) is 0 Å². The Labute approximate surface area is 188 Å². The Morgan fingerprint density at radius 1 is 1.16 bits per heavy atom. The lowest BCUT2D eigenvalue weighted by Gasteiger charge is -2.30. The van der Waals surface area contributed by atoms with Crippen molar-refractivity contribution in [3.8, 4) is 5.75 Å². The first-order chi connectivity index (χ1) is 15.1. The molecule has 0 fully saturated rings. The van der Waals surface area contributed by atoms with Crippen LogP contribution in [0, 0.1) is 17.0 Å². The maximum atomic E-state index is 13.5. The first-order valence-corrected chi connectivity index (χ1v) is 11.0. The zero-order valence-corrected chi connectivity index (χ0v) is 18.8. The number of carbonyl (C=O) groups is 1. The molecule has 0 aliphatic carbocycles. The summed E-state index contributed by atoms with van der Waals surface area (Å²) in [6.45, 7) is 7.36. The molecule has 3 atom stereocenters. The van der Waals surface area contributed by atoms with Crippen LogP contribution in [0.5, 0.6) is 5.75 Å². The molecule has 0 spiro atoms. The van der Waals surface area contributed by atoms with Crippen molar-refractivity contribution in [3.05, 3.63) is 64.7 Å². The lowest BCUT2D eigenvalue weighted by molar-refractivity contribution is -0.110. The fourth-order valence-electron chi connectivity index (χ4n) is 4.16. The largest absolute Gasteiger partial charge is 0.493 e. The van der Waals surface area contributed by atoms with Gasteiger partial charge < -0.3 is 20.5 Å². The van der Waals surface area contributed by atoms with E-state index in [0.717, 1.165) is 30.2 Å². The molecule has 0 saturated carbocycles. The molecule has 0 bridgehead atoms. The molecule has 3 rings (SSSR count). The number of nitrogens with one attached hydrogen (secondary N) is 2. The topological polar surface area (TPSA) is 70.6 Å². The van der Waals surface area contributed by atoms with E-state index in [4.69, 9.17) is 4.74 Å². The minimum Gasteiger partial charge on any atom is -0.493 e. The smallest absolute Gasteiger partial charge is 0.207 e. The van der Waals surface area contributed by atoms with E-state index >= 15 is 0 Å². The van der Waals surface area contributed by atoms with E-state index in [0.29, 0.717) is 18.6 Å². The molecule has 0 radical (unpaired) electrons. The van der Waals surface area contributed by atoms with Gasteiger partial charge in [0.25, 0.3) is 0 Å².